The van der Waals surface area contributed by atoms with Gasteiger partial charge in [-0.05, 0) is 50.3 Å². The molecule has 0 radical (unpaired) electrons. The summed E-state index contributed by atoms with van der Waals surface area (Å²) in [5.74, 6) is 0. The minimum Gasteiger partial charge on any atom is -0.308 e. The number of nitrogens with one attached hydrogen (secondary N) is 1. The molecule has 0 aromatic heterocycles. The minimum atomic E-state index is 0.191. The van der Waals surface area contributed by atoms with Crippen LogP contribution in [0.2, 0.25) is 0 Å². The van der Waals surface area contributed by atoms with Crippen LogP contribution in [-0.4, -0.2) is 11.7 Å². The predicted molar refractivity (Wildman–Crippen MR) is 76.3 cm³/mol. The van der Waals surface area contributed by atoms with Crippen molar-refractivity contribution in [3.63, 3.8) is 0 Å². The molecule has 0 bridgehead atoms. The van der Waals surface area contributed by atoms with E-state index >= 15 is 0 Å². The molecule has 1 aromatic carbocycles. The van der Waals surface area contributed by atoms with Gasteiger partial charge in [0.05, 0.1) is 0 Å². The first-order valence-electron chi connectivity index (χ1n) is 6.01. The van der Waals surface area contributed by atoms with Gasteiger partial charge < -0.3 is 5.32 Å². The molecule has 0 fully saturated rings. The third-order valence-corrected chi connectivity index (χ3v) is 3.94. The third-order valence-electron chi connectivity index (χ3n) is 2.52. The van der Waals surface area contributed by atoms with Crippen molar-refractivity contribution in [1.82, 2.24) is 5.32 Å². The molecule has 0 heterocycles. The maximum atomic E-state index is 3.57. The predicted octanol–water partition coefficient (Wildman–Crippen LogP) is 3.21. The Morgan fingerprint density at radius 3 is 2.50 bits per heavy atom. The molecule has 16 heavy (non-hydrogen) atoms. The fraction of sp³-hybridized carbons (Fsp3) is 0.571. The van der Waals surface area contributed by atoms with Gasteiger partial charge >= 0.3 is 0 Å². The Morgan fingerprint density at radius 2 is 1.94 bits per heavy atom. The minimum absolute atomic E-state index is 0.191. The van der Waals surface area contributed by atoms with Gasteiger partial charge in [0, 0.05) is 12.1 Å². The zero-order chi connectivity index (χ0) is 12.2. The first-order chi connectivity index (χ1) is 7.44. The van der Waals surface area contributed by atoms with E-state index in [0.29, 0.717) is 0 Å². The zero-order valence-corrected chi connectivity index (χ0v) is 12.1. The third kappa shape index (κ3) is 4.23. The van der Waals surface area contributed by atoms with Crippen LogP contribution in [0.25, 0.3) is 0 Å². The SMILES string of the molecule is CCPc1c(C)cccc1CNC(C)(C)C. The van der Waals surface area contributed by atoms with E-state index < -0.39 is 0 Å². The van der Waals surface area contributed by atoms with Crippen LogP contribution in [0, 0.1) is 6.92 Å². The summed E-state index contributed by atoms with van der Waals surface area (Å²) in [7, 11) is 0.938. The average Bonchev–Trinajstić information content (AvgIpc) is 2.18. The van der Waals surface area contributed by atoms with E-state index in [2.05, 4.69) is 58.1 Å². The van der Waals surface area contributed by atoms with Crippen LogP contribution in [0.5, 0.6) is 0 Å². The molecule has 1 nitrogen and oxygen atoms in total. The normalized spacial score (nSPS) is 12.6. The monoisotopic (exact) mass is 237 g/mol. The van der Waals surface area contributed by atoms with E-state index in [1.165, 1.54) is 17.3 Å². The molecule has 90 valence electrons. The molecule has 0 spiro atoms. The molecule has 1 unspecified atom stereocenters. The Labute approximate surface area is 102 Å². The second-order valence-corrected chi connectivity index (χ2v) is 6.80. The van der Waals surface area contributed by atoms with E-state index in [1.807, 2.05) is 0 Å². The lowest BCUT2D eigenvalue weighted by molar-refractivity contribution is 0.425. The number of rotatable bonds is 4. The number of benzene rings is 1. The Morgan fingerprint density at radius 1 is 1.25 bits per heavy atom. The van der Waals surface area contributed by atoms with Crippen LogP contribution < -0.4 is 10.6 Å². The van der Waals surface area contributed by atoms with Crippen LogP contribution in [0.15, 0.2) is 18.2 Å². The first kappa shape index (κ1) is 13.7. The number of hydrogen-bond donors (Lipinski definition) is 1. The molecule has 0 amide bonds. The van der Waals surface area contributed by atoms with E-state index in [4.69, 9.17) is 0 Å². The van der Waals surface area contributed by atoms with Crippen molar-refractivity contribution in [3.05, 3.63) is 29.3 Å². The van der Waals surface area contributed by atoms with Gasteiger partial charge in [-0.3, -0.25) is 0 Å². The van der Waals surface area contributed by atoms with Crippen molar-refractivity contribution >= 4 is 13.9 Å². The highest BCUT2D eigenvalue weighted by Gasteiger charge is 2.10. The van der Waals surface area contributed by atoms with Crippen molar-refractivity contribution in [1.29, 1.82) is 0 Å². The maximum Gasteiger partial charge on any atom is 0.0216 e. The van der Waals surface area contributed by atoms with Gasteiger partial charge in [-0.1, -0.05) is 33.7 Å². The van der Waals surface area contributed by atoms with Crippen molar-refractivity contribution in [2.45, 2.75) is 46.7 Å². The molecule has 1 rings (SSSR count). The summed E-state index contributed by atoms with van der Waals surface area (Å²) in [6.07, 6.45) is 1.24. The summed E-state index contributed by atoms with van der Waals surface area (Å²) in [5.41, 5.74) is 3.10. The molecule has 0 aliphatic rings. The van der Waals surface area contributed by atoms with Crippen LogP contribution in [0.3, 0.4) is 0 Å². The molecule has 2 heteroatoms. The highest BCUT2D eigenvalue weighted by Crippen LogP contribution is 2.16. The molecular weight excluding hydrogens is 213 g/mol. The molecule has 0 saturated heterocycles. The van der Waals surface area contributed by atoms with E-state index in [0.717, 1.165) is 15.1 Å². The second kappa shape index (κ2) is 5.80. The highest BCUT2D eigenvalue weighted by atomic mass is 31.1. The Hall–Kier alpha value is -0.390. The summed E-state index contributed by atoms with van der Waals surface area (Å²) < 4.78 is 0. The van der Waals surface area contributed by atoms with E-state index in [9.17, 15) is 0 Å². The molecular formula is C14H24NP. The largest absolute Gasteiger partial charge is 0.308 e. The van der Waals surface area contributed by atoms with Gasteiger partial charge in [0.25, 0.3) is 0 Å². The second-order valence-electron chi connectivity index (χ2n) is 5.24. The van der Waals surface area contributed by atoms with Crippen molar-refractivity contribution in [3.8, 4) is 0 Å². The molecule has 0 saturated carbocycles. The summed E-state index contributed by atoms with van der Waals surface area (Å²) in [5, 5.41) is 5.13. The molecule has 1 atom stereocenters. The van der Waals surface area contributed by atoms with E-state index in [-0.39, 0.29) is 5.54 Å². The summed E-state index contributed by atoms with van der Waals surface area (Å²) in [6, 6.07) is 6.64. The van der Waals surface area contributed by atoms with Crippen LogP contribution in [-0.2, 0) is 6.54 Å². The fourth-order valence-electron chi connectivity index (χ4n) is 1.67. The van der Waals surface area contributed by atoms with Crippen LogP contribution >= 0.6 is 8.58 Å². The van der Waals surface area contributed by atoms with E-state index in [1.54, 1.807) is 5.30 Å². The summed E-state index contributed by atoms with van der Waals surface area (Å²) >= 11 is 0. The standard InChI is InChI=1S/C14H24NP/c1-6-16-13-11(2)8-7-9-12(13)10-15-14(3,4)5/h7-9,15-16H,6,10H2,1-5H3. The zero-order valence-electron chi connectivity index (χ0n) is 11.1. The smallest absolute Gasteiger partial charge is 0.0216 e. The number of aryl methyl sites for hydroxylation is 1. The molecule has 0 aliphatic carbocycles. The molecule has 1 N–H and O–H groups in total. The molecule has 0 aliphatic heterocycles. The average molecular weight is 237 g/mol. The van der Waals surface area contributed by atoms with Gasteiger partial charge in [0.2, 0.25) is 0 Å². The van der Waals surface area contributed by atoms with Gasteiger partial charge in [0.1, 0.15) is 0 Å². The lowest BCUT2D eigenvalue weighted by atomic mass is 10.1. The van der Waals surface area contributed by atoms with Crippen molar-refractivity contribution in [2.75, 3.05) is 6.16 Å². The van der Waals surface area contributed by atoms with Crippen molar-refractivity contribution in [2.24, 2.45) is 0 Å². The topological polar surface area (TPSA) is 12.0 Å². The fourth-order valence-corrected chi connectivity index (χ4v) is 2.78. The summed E-state index contributed by atoms with van der Waals surface area (Å²) in [6.45, 7) is 12.1. The Balaban J connectivity index is 2.82. The van der Waals surface area contributed by atoms with Gasteiger partial charge in [0.15, 0.2) is 0 Å². The Bertz CT molecular complexity index is 339. The van der Waals surface area contributed by atoms with Gasteiger partial charge in [-0.15, -0.1) is 0 Å². The van der Waals surface area contributed by atoms with Gasteiger partial charge in [-0.25, -0.2) is 0 Å². The van der Waals surface area contributed by atoms with Crippen LogP contribution in [0.1, 0.15) is 38.8 Å². The van der Waals surface area contributed by atoms with Crippen LogP contribution in [0.4, 0.5) is 0 Å². The lowest BCUT2D eigenvalue weighted by Crippen LogP contribution is -2.36. The first-order valence-corrected chi connectivity index (χ1v) is 7.22. The van der Waals surface area contributed by atoms with Crippen molar-refractivity contribution < 1.29 is 0 Å². The maximum absolute atomic E-state index is 3.57. The lowest BCUT2D eigenvalue weighted by Gasteiger charge is -2.22. The highest BCUT2D eigenvalue weighted by molar-refractivity contribution is 7.47. The summed E-state index contributed by atoms with van der Waals surface area (Å²) in [4.78, 5) is 0. The number of hydrogen-bond acceptors (Lipinski definition) is 1. The Kier molecular flexibility index (Phi) is 4.95. The quantitative estimate of drug-likeness (QED) is 0.793. The van der Waals surface area contributed by atoms with Gasteiger partial charge in [-0.2, -0.15) is 0 Å². The molecule has 1 aromatic rings.